The quantitative estimate of drug-likeness (QED) is 0.774. The average Bonchev–Trinajstić information content (AvgIpc) is 2.72. The van der Waals surface area contributed by atoms with Gasteiger partial charge in [0.05, 0.1) is 12.2 Å². The molecule has 4 nitrogen and oxygen atoms in total. The Hall–Kier alpha value is -1.55. The van der Waals surface area contributed by atoms with E-state index in [1.165, 1.54) is 0 Å². The third-order valence-electron chi connectivity index (χ3n) is 2.06. The first-order valence-corrected chi connectivity index (χ1v) is 5.09. The van der Waals surface area contributed by atoms with Crippen LogP contribution in [0.25, 0.3) is 11.0 Å². The zero-order valence-electron chi connectivity index (χ0n) is 7.96. The van der Waals surface area contributed by atoms with Gasteiger partial charge in [-0.1, -0.05) is 0 Å². The molecule has 2 N–H and O–H groups in total. The summed E-state index contributed by atoms with van der Waals surface area (Å²) in [6.45, 7) is 0.403. The monoisotopic (exact) mass is 223 g/mol. The Bertz CT molecular complexity index is 480. The minimum absolute atomic E-state index is 0.0231. The summed E-state index contributed by atoms with van der Waals surface area (Å²) in [5.74, 6) is -0.213. The van der Waals surface area contributed by atoms with Gasteiger partial charge in [0.15, 0.2) is 0 Å². The zero-order valence-corrected chi connectivity index (χ0v) is 8.71. The van der Waals surface area contributed by atoms with Crippen LogP contribution in [0.5, 0.6) is 0 Å². The van der Waals surface area contributed by atoms with Gasteiger partial charge in [-0.3, -0.25) is 4.79 Å². The summed E-state index contributed by atoms with van der Waals surface area (Å²) in [4.78, 5) is 18.3. The van der Waals surface area contributed by atoms with Gasteiger partial charge in [-0.05, 0) is 18.2 Å². The summed E-state index contributed by atoms with van der Waals surface area (Å²) in [5, 5.41) is 3.72. The molecule has 1 amide bonds. The van der Waals surface area contributed by atoms with Crippen LogP contribution in [0.2, 0.25) is 0 Å². The highest BCUT2D eigenvalue weighted by molar-refractivity contribution is 6.27. The van der Waals surface area contributed by atoms with Crippen molar-refractivity contribution in [2.24, 2.45) is 0 Å². The molecule has 0 aliphatic heterocycles. The number of hydrogen-bond acceptors (Lipinski definition) is 2. The van der Waals surface area contributed by atoms with Crippen molar-refractivity contribution in [3.05, 3.63) is 30.1 Å². The van der Waals surface area contributed by atoms with Crippen molar-refractivity contribution >= 4 is 28.5 Å². The summed E-state index contributed by atoms with van der Waals surface area (Å²) >= 11 is 5.36. The second-order valence-corrected chi connectivity index (χ2v) is 3.40. The number of aromatic nitrogens is 2. The fourth-order valence-electron chi connectivity index (χ4n) is 1.31. The molecule has 0 bridgehead atoms. The van der Waals surface area contributed by atoms with Gasteiger partial charge in [0.2, 0.25) is 5.91 Å². The first-order valence-electron chi connectivity index (χ1n) is 4.55. The fraction of sp³-hybridized carbons (Fsp3) is 0.200. The Morgan fingerprint density at radius 2 is 2.33 bits per heavy atom. The van der Waals surface area contributed by atoms with Crippen LogP contribution in [0.3, 0.4) is 0 Å². The molecule has 0 saturated heterocycles. The van der Waals surface area contributed by atoms with E-state index in [4.69, 9.17) is 11.6 Å². The molecule has 0 saturated carbocycles. The number of pyridine rings is 1. The van der Waals surface area contributed by atoms with E-state index in [9.17, 15) is 4.79 Å². The maximum absolute atomic E-state index is 10.9. The fourth-order valence-corrected chi connectivity index (χ4v) is 1.40. The number of H-pyrrole nitrogens is 1. The van der Waals surface area contributed by atoms with E-state index in [0.717, 1.165) is 16.7 Å². The van der Waals surface area contributed by atoms with Crippen molar-refractivity contribution < 1.29 is 4.79 Å². The number of fused-ring (bicyclic) bond motifs is 1. The number of nitrogens with one attached hydrogen (secondary N) is 2. The third kappa shape index (κ3) is 2.27. The summed E-state index contributed by atoms with van der Waals surface area (Å²) in [6, 6.07) is 5.79. The molecular formula is C10H10ClN3O. The van der Waals surface area contributed by atoms with E-state index in [1.807, 2.05) is 24.4 Å². The summed E-state index contributed by atoms with van der Waals surface area (Å²) in [6.07, 6.45) is 1.83. The van der Waals surface area contributed by atoms with Gasteiger partial charge in [0.25, 0.3) is 0 Å². The maximum Gasteiger partial charge on any atom is 0.235 e. The number of nitrogens with zero attached hydrogens (tertiary/aromatic N) is 1. The van der Waals surface area contributed by atoms with E-state index in [0.29, 0.717) is 6.54 Å². The first-order chi connectivity index (χ1) is 7.29. The van der Waals surface area contributed by atoms with Gasteiger partial charge >= 0.3 is 0 Å². The summed E-state index contributed by atoms with van der Waals surface area (Å²) in [5.41, 5.74) is 1.64. The Morgan fingerprint density at radius 3 is 3.13 bits per heavy atom. The van der Waals surface area contributed by atoms with Crippen LogP contribution in [0.15, 0.2) is 24.4 Å². The molecule has 0 aliphatic rings. The molecule has 78 valence electrons. The van der Waals surface area contributed by atoms with Crippen LogP contribution in [-0.4, -0.2) is 21.8 Å². The molecule has 2 aromatic rings. The second-order valence-electron chi connectivity index (χ2n) is 3.13. The smallest absolute Gasteiger partial charge is 0.235 e. The third-order valence-corrected chi connectivity index (χ3v) is 2.30. The number of rotatable bonds is 3. The predicted octanol–water partition coefficient (Wildman–Crippen LogP) is 1.42. The minimum atomic E-state index is -0.190. The molecule has 2 heterocycles. The van der Waals surface area contributed by atoms with E-state index in [-0.39, 0.29) is 11.8 Å². The molecule has 0 aromatic carbocycles. The Balaban J connectivity index is 2.11. The van der Waals surface area contributed by atoms with Gasteiger partial charge in [-0.15, -0.1) is 11.6 Å². The summed E-state index contributed by atoms with van der Waals surface area (Å²) < 4.78 is 0. The molecule has 0 atom stereocenters. The topological polar surface area (TPSA) is 57.8 Å². The highest BCUT2D eigenvalue weighted by Crippen LogP contribution is 2.09. The van der Waals surface area contributed by atoms with Crippen LogP contribution in [-0.2, 0) is 11.3 Å². The maximum atomic E-state index is 10.9. The largest absolute Gasteiger partial charge is 0.349 e. The molecule has 2 rings (SSSR count). The van der Waals surface area contributed by atoms with Crippen LogP contribution in [0.1, 0.15) is 5.69 Å². The van der Waals surface area contributed by atoms with Gasteiger partial charge in [-0.25, -0.2) is 4.98 Å². The van der Waals surface area contributed by atoms with E-state index in [2.05, 4.69) is 15.3 Å². The van der Waals surface area contributed by atoms with Crippen molar-refractivity contribution in [1.29, 1.82) is 0 Å². The highest BCUT2D eigenvalue weighted by atomic mass is 35.5. The molecule has 15 heavy (non-hydrogen) atoms. The number of halogens is 1. The normalized spacial score (nSPS) is 10.5. The van der Waals surface area contributed by atoms with Crippen molar-refractivity contribution in [3.8, 4) is 0 Å². The Kier molecular flexibility index (Phi) is 2.87. The standard InChI is InChI=1S/C10H10ClN3O/c11-5-9(15)13-6-8-2-1-7-3-4-12-10(7)14-8/h1-4H,5-6H2,(H,12,14)(H,13,15). The Labute approximate surface area is 91.7 Å². The second kappa shape index (κ2) is 4.31. The van der Waals surface area contributed by atoms with Gasteiger partial charge in [0.1, 0.15) is 11.5 Å². The number of amides is 1. The van der Waals surface area contributed by atoms with E-state index >= 15 is 0 Å². The molecular weight excluding hydrogens is 214 g/mol. The Morgan fingerprint density at radius 1 is 1.47 bits per heavy atom. The lowest BCUT2D eigenvalue weighted by Gasteiger charge is -2.02. The average molecular weight is 224 g/mol. The number of hydrogen-bond donors (Lipinski definition) is 2. The molecule has 0 aliphatic carbocycles. The molecule has 0 unspecified atom stereocenters. The molecule has 2 aromatic heterocycles. The number of aromatic amines is 1. The van der Waals surface area contributed by atoms with Crippen LogP contribution < -0.4 is 5.32 Å². The lowest BCUT2D eigenvalue weighted by molar-refractivity contribution is -0.118. The SMILES string of the molecule is O=C(CCl)NCc1ccc2cc[nH]c2n1. The van der Waals surface area contributed by atoms with E-state index in [1.54, 1.807) is 0 Å². The predicted molar refractivity (Wildman–Crippen MR) is 58.7 cm³/mol. The lowest BCUT2D eigenvalue weighted by Crippen LogP contribution is -2.24. The minimum Gasteiger partial charge on any atom is -0.349 e. The highest BCUT2D eigenvalue weighted by Gasteiger charge is 2.01. The van der Waals surface area contributed by atoms with Crippen molar-refractivity contribution in [1.82, 2.24) is 15.3 Å². The van der Waals surface area contributed by atoms with Crippen molar-refractivity contribution in [2.75, 3.05) is 5.88 Å². The van der Waals surface area contributed by atoms with E-state index < -0.39 is 0 Å². The van der Waals surface area contributed by atoms with Crippen molar-refractivity contribution in [3.63, 3.8) is 0 Å². The molecule has 0 fully saturated rings. The lowest BCUT2D eigenvalue weighted by atomic mass is 10.3. The number of alkyl halides is 1. The zero-order chi connectivity index (χ0) is 10.7. The van der Waals surface area contributed by atoms with Crippen LogP contribution >= 0.6 is 11.6 Å². The van der Waals surface area contributed by atoms with Crippen molar-refractivity contribution in [2.45, 2.75) is 6.54 Å². The van der Waals surface area contributed by atoms with Gasteiger partial charge < -0.3 is 10.3 Å². The first kappa shape index (κ1) is 9.98. The van der Waals surface area contributed by atoms with Gasteiger partial charge in [-0.2, -0.15) is 0 Å². The number of carbonyl (C=O) groups excluding carboxylic acids is 1. The molecule has 0 spiro atoms. The molecule has 0 radical (unpaired) electrons. The van der Waals surface area contributed by atoms with Crippen LogP contribution in [0.4, 0.5) is 0 Å². The van der Waals surface area contributed by atoms with Crippen LogP contribution in [0, 0.1) is 0 Å². The summed E-state index contributed by atoms with van der Waals surface area (Å²) in [7, 11) is 0. The molecule has 5 heteroatoms. The van der Waals surface area contributed by atoms with Gasteiger partial charge in [0, 0.05) is 11.6 Å². The number of carbonyl (C=O) groups is 1.